The number of halogens is 1. The normalized spacial score (nSPS) is 15.7. The minimum Gasteiger partial charge on any atom is -0.380 e. The summed E-state index contributed by atoms with van der Waals surface area (Å²) >= 11 is 0. The number of aliphatic imine (C=N–C) groups is 1. The summed E-state index contributed by atoms with van der Waals surface area (Å²) in [6.45, 7) is 11.4. The number of benzene rings is 1. The highest BCUT2D eigenvalue weighted by molar-refractivity contribution is 14.0. The van der Waals surface area contributed by atoms with Crippen molar-refractivity contribution in [2.45, 2.75) is 52.6 Å². The Hall–Kier alpha value is -0.860. The molecule has 0 amide bonds. The quantitative estimate of drug-likeness (QED) is 0.241. The molecule has 1 fully saturated rings. The molecule has 1 aromatic rings. The van der Waals surface area contributed by atoms with Gasteiger partial charge in [0, 0.05) is 26.2 Å². The molecule has 2 rings (SSSR count). The zero-order chi connectivity index (χ0) is 18.5. The molecule has 1 heterocycles. The van der Waals surface area contributed by atoms with Crippen LogP contribution in [0.3, 0.4) is 0 Å². The number of nitrogens with zero attached hydrogens (tertiary/aromatic N) is 2. The van der Waals surface area contributed by atoms with Crippen LogP contribution in [0.15, 0.2) is 29.3 Å². The van der Waals surface area contributed by atoms with E-state index in [2.05, 4.69) is 46.7 Å². The van der Waals surface area contributed by atoms with Crippen molar-refractivity contribution in [1.82, 2.24) is 15.5 Å². The van der Waals surface area contributed by atoms with Gasteiger partial charge in [-0.2, -0.15) is 0 Å². The van der Waals surface area contributed by atoms with E-state index in [0.29, 0.717) is 13.2 Å². The summed E-state index contributed by atoms with van der Waals surface area (Å²) < 4.78 is 5.37. The number of hydrogen-bond acceptors (Lipinski definition) is 3. The molecule has 154 valence electrons. The lowest BCUT2D eigenvalue weighted by Crippen LogP contribution is -2.39. The number of guanidine groups is 1. The second-order valence-corrected chi connectivity index (χ2v) is 6.83. The zero-order valence-electron chi connectivity index (χ0n) is 17.0. The van der Waals surface area contributed by atoms with Crippen LogP contribution < -0.4 is 10.6 Å². The van der Waals surface area contributed by atoms with E-state index in [-0.39, 0.29) is 24.0 Å². The van der Waals surface area contributed by atoms with E-state index < -0.39 is 0 Å². The Kier molecular flexibility index (Phi) is 13.5. The molecule has 6 heteroatoms. The lowest BCUT2D eigenvalue weighted by Gasteiger charge is -2.20. The molecule has 5 nitrogen and oxygen atoms in total. The smallest absolute Gasteiger partial charge is 0.191 e. The van der Waals surface area contributed by atoms with E-state index in [1.807, 2.05) is 6.92 Å². The van der Waals surface area contributed by atoms with Gasteiger partial charge in [-0.3, -0.25) is 4.90 Å². The van der Waals surface area contributed by atoms with Crippen molar-refractivity contribution in [3.05, 3.63) is 35.4 Å². The monoisotopic (exact) mass is 488 g/mol. The average molecular weight is 488 g/mol. The van der Waals surface area contributed by atoms with E-state index in [4.69, 9.17) is 9.73 Å². The largest absolute Gasteiger partial charge is 0.380 e. The van der Waals surface area contributed by atoms with Crippen LogP contribution in [-0.4, -0.2) is 50.3 Å². The van der Waals surface area contributed by atoms with Crippen LogP contribution >= 0.6 is 24.0 Å². The van der Waals surface area contributed by atoms with Gasteiger partial charge in [-0.1, -0.05) is 37.1 Å². The second kappa shape index (κ2) is 15.1. The second-order valence-electron chi connectivity index (χ2n) is 6.83. The maximum Gasteiger partial charge on any atom is 0.191 e. The van der Waals surface area contributed by atoms with Gasteiger partial charge in [-0.15, -0.1) is 24.0 Å². The molecule has 0 atom stereocenters. The Morgan fingerprint density at radius 1 is 1.07 bits per heavy atom. The highest BCUT2D eigenvalue weighted by Crippen LogP contribution is 2.14. The third-order valence-corrected chi connectivity index (χ3v) is 4.60. The number of ether oxygens (including phenoxy) is 1. The molecule has 1 aliphatic rings. The summed E-state index contributed by atoms with van der Waals surface area (Å²) in [5.41, 5.74) is 2.66. The first kappa shape index (κ1) is 24.2. The summed E-state index contributed by atoms with van der Waals surface area (Å²) in [6.07, 6.45) is 5.44. The lowest BCUT2D eigenvalue weighted by molar-refractivity contribution is 0.152. The van der Waals surface area contributed by atoms with Crippen molar-refractivity contribution in [3.8, 4) is 0 Å². The Bertz CT molecular complexity index is 531. The number of hydrogen-bond donors (Lipinski definition) is 2. The van der Waals surface area contributed by atoms with Crippen LogP contribution in [0.2, 0.25) is 0 Å². The average Bonchev–Trinajstić information content (AvgIpc) is 2.92. The van der Waals surface area contributed by atoms with Crippen LogP contribution in [-0.2, 0) is 17.8 Å². The minimum absolute atomic E-state index is 0. The van der Waals surface area contributed by atoms with E-state index in [0.717, 1.165) is 32.2 Å². The Balaban J connectivity index is 0.00000364. The molecule has 0 radical (unpaired) electrons. The topological polar surface area (TPSA) is 48.9 Å². The SMILES string of the molecule is CCNC(=NCc1cccc(CN2CCCCCC2)c1)NCCOCC.I. The van der Waals surface area contributed by atoms with Crippen molar-refractivity contribution in [3.63, 3.8) is 0 Å². The van der Waals surface area contributed by atoms with E-state index in [1.165, 1.54) is 49.9 Å². The molecule has 1 saturated heterocycles. The molecule has 0 aliphatic carbocycles. The van der Waals surface area contributed by atoms with Crippen molar-refractivity contribution in [2.75, 3.05) is 39.4 Å². The van der Waals surface area contributed by atoms with Gasteiger partial charge in [0.05, 0.1) is 13.2 Å². The molecular weight excluding hydrogens is 451 g/mol. The standard InChI is InChI=1S/C21H36N4O.HI/c1-3-22-21(23-12-15-26-4-2)24-17-19-10-9-11-20(16-19)18-25-13-7-5-6-8-14-25;/h9-11,16H,3-8,12-15,17-18H2,1-2H3,(H2,22,23,24);1H. The molecule has 1 aromatic carbocycles. The van der Waals surface area contributed by atoms with Crippen LogP contribution in [0.5, 0.6) is 0 Å². The molecular formula is C21H37IN4O. The van der Waals surface area contributed by atoms with E-state index in [9.17, 15) is 0 Å². The van der Waals surface area contributed by atoms with Crippen molar-refractivity contribution in [1.29, 1.82) is 0 Å². The summed E-state index contributed by atoms with van der Waals surface area (Å²) in [6, 6.07) is 8.87. The predicted octanol–water partition coefficient (Wildman–Crippen LogP) is 3.77. The van der Waals surface area contributed by atoms with Gasteiger partial charge >= 0.3 is 0 Å². The van der Waals surface area contributed by atoms with Gasteiger partial charge in [0.1, 0.15) is 0 Å². The first-order valence-corrected chi connectivity index (χ1v) is 10.2. The molecule has 2 N–H and O–H groups in total. The molecule has 1 aliphatic heterocycles. The lowest BCUT2D eigenvalue weighted by atomic mass is 10.1. The van der Waals surface area contributed by atoms with Crippen molar-refractivity contribution >= 4 is 29.9 Å². The summed E-state index contributed by atoms with van der Waals surface area (Å²) in [7, 11) is 0. The summed E-state index contributed by atoms with van der Waals surface area (Å²) in [5.74, 6) is 0.852. The molecule has 0 unspecified atom stereocenters. The molecule has 0 aromatic heterocycles. The van der Waals surface area contributed by atoms with Crippen LogP contribution in [0, 0.1) is 0 Å². The molecule has 0 spiro atoms. The Morgan fingerprint density at radius 3 is 2.52 bits per heavy atom. The van der Waals surface area contributed by atoms with Gasteiger partial charge in [0.25, 0.3) is 0 Å². The fraction of sp³-hybridized carbons (Fsp3) is 0.667. The number of nitrogens with one attached hydrogen (secondary N) is 2. The van der Waals surface area contributed by atoms with Gasteiger partial charge in [-0.25, -0.2) is 4.99 Å². The zero-order valence-corrected chi connectivity index (χ0v) is 19.3. The predicted molar refractivity (Wildman–Crippen MR) is 125 cm³/mol. The fourth-order valence-electron chi connectivity index (χ4n) is 3.28. The fourth-order valence-corrected chi connectivity index (χ4v) is 3.28. The Labute approximate surface area is 182 Å². The van der Waals surface area contributed by atoms with Gasteiger partial charge in [0.15, 0.2) is 5.96 Å². The van der Waals surface area contributed by atoms with Gasteiger partial charge in [0.2, 0.25) is 0 Å². The molecule has 27 heavy (non-hydrogen) atoms. The summed E-state index contributed by atoms with van der Waals surface area (Å²) in [5, 5.41) is 6.61. The first-order chi connectivity index (χ1) is 12.8. The molecule has 0 saturated carbocycles. The minimum atomic E-state index is 0. The van der Waals surface area contributed by atoms with E-state index in [1.54, 1.807) is 0 Å². The highest BCUT2D eigenvalue weighted by atomic mass is 127. The van der Waals surface area contributed by atoms with Gasteiger partial charge in [-0.05, 0) is 50.9 Å². The van der Waals surface area contributed by atoms with Crippen LogP contribution in [0.25, 0.3) is 0 Å². The number of likely N-dealkylation sites (tertiary alicyclic amines) is 1. The maximum atomic E-state index is 5.37. The van der Waals surface area contributed by atoms with Crippen molar-refractivity contribution in [2.24, 2.45) is 4.99 Å². The number of rotatable bonds is 9. The highest BCUT2D eigenvalue weighted by Gasteiger charge is 2.09. The van der Waals surface area contributed by atoms with E-state index >= 15 is 0 Å². The molecule has 0 bridgehead atoms. The van der Waals surface area contributed by atoms with Crippen LogP contribution in [0.4, 0.5) is 0 Å². The maximum absolute atomic E-state index is 5.37. The van der Waals surface area contributed by atoms with Crippen LogP contribution in [0.1, 0.15) is 50.7 Å². The third kappa shape index (κ3) is 10.3. The van der Waals surface area contributed by atoms with Crippen molar-refractivity contribution < 1.29 is 4.74 Å². The third-order valence-electron chi connectivity index (χ3n) is 4.60. The van der Waals surface area contributed by atoms with Gasteiger partial charge < -0.3 is 15.4 Å². The first-order valence-electron chi connectivity index (χ1n) is 10.2. The summed E-state index contributed by atoms with van der Waals surface area (Å²) in [4.78, 5) is 7.30. The Morgan fingerprint density at radius 2 is 1.81 bits per heavy atom.